The maximum absolute atomic E-state index is 11.2. The first-order valence-corrected chi connectivity index (χ1v) is 4.03. The molecule has 1 aromatic heterocycles. The van der Waals surface area contributed by atoms with Crippen molar-refractivity contribution in [3.63, 3.8) is 0 Å². The second-order valence-corrected chi connectivity index (χ2v) is 2.92. The van der Waals surface area contributed by atoms with E-state index in [2.05, 4.69) is 9.79 Å². The van der Waals surface area contributed by atoms with Crippen molar-refractivity contribution in [2.45, 2.75) is 19.5 Å². The molecule has 0 saturated carbocycles. The maximum atomic E-state index is 11.2. The first-order chi connectivity index (χ1) is 6.66. The third-order valence-electron chi connectivity index (χ3n) is 1.93. The van der Waals surface area contributed by atoms with E-state index in [9.17, 15) is 14.7 Å². The lowest BCUT2D eigenvalue weighted by Gasteiger charge is -2.05. The molecule has 1 saturated heterocycles. The Morgan fingerprint density at radius 2 is 2.14 bits per heavy atom. The first-order valence-electron chi connectivity index (χ1n) is 4.03. The van der Waals surface area contributed by atoms with E-state index in [0.717, 1.165) is 15.8 Å². The number of hydrogen-bond donors (Lipinski definition) is 0. The molecule has 0 atom stereocenters. The molecule has 7 nitrogen and oxygen atoms in total. The zero-order valence-electron chi connectivity index (χ0n) is 7.17. The van der Waals surface area contributed by atoms with Gasteiger partial charge in [-0.15, -0.1) is 0 Å². The zero-order valence-corrected chi connectivity index (χ0v) is 7.17. The first kappa shape index (κ1) is 8.67. The number of imide groups is 1. The molecule has 0 aromatic carbocycles. The van der Waals surface area contributed by atoms with Gasteiger partial charge in [-0.05, 0) is 0 Å². The molecule has 1 aliphatic rings. The molecule has 1 aliphatic heterocycles. The van der Waals surface area contributed by atoms with Gasteiger partial charge in [0, 0.05) is 12.8 Å². The summed E-state index contributed by atoms with van der Waals surface area (Å²) in [7, 11) is 0. The Morgan fingerprint density at radius 3 is 2.64 bits per heavy atom. The molecular weight excluding hydrogens is 190 g/mol. The van der Waals surface area contributed by atoms with E-state index in [1.165, 1.54) is 0 Å². The van der Waals surface area contributed by atoms with Crippen LogP contribution in [-0.2, 0) is 16.3 Å². The van der Waals surface area contributed by atoms with Crippen LogP contribution in [-0.4, -0.2) is 22.0 Å². The standard InChI is InChI=1S/C7H7N3O4/c11-5-1-2-6(12)10(5)4-9-3-7(13)14-8-9/h3H,1-2,4H2. The summed E-state index contributed by atoms with van der Waals surface area (Å²) in [6.45, 7) is -0.0522. The largest absolute Gasteiger partial charge is 0.539 e. The minimum absolute atomic E-state index is 0.0522. The number of likely N-dealkylation sites (tertiary alicyclic amines) is 1. The summed E-state index contributed by atoms with van der Waals surface area (Å²) in [5.41, 5.74) is 0. The predicted molar refractivity (Wildman–Crippen MR) is 37.2 cm³/mol. The van der Waals surface area contributed by atoms with Gasteiger partial charge in [0.15, 0.2) is 0 Å². The maximum Gasteiger partial charge on any atom is 0.259 e. The van der Waals surface area contributed by atoms with Crippen LogP contribution in [0.5, 0.6) is 5.95 Å². The van der Waals surface area contributed by atoms with Crippen LogP contribution in [0.2, 0.25) is 0 Å². The van der Waals surface area contributed by atoms with Crippen molar-refractivity contribution in [1.82, 2.24) is 10.2 Å². The Morgan fingerprint density at radius 1 is 1.50 bits per heavy atom. The van der Waals surface area contributed by atoms with E-state index < -0.39 is 5.95 Å². The van der Waals surface area contributed by atoms with Crippen LogP contribution in [0.15, 0.2) is 10.7 Å². The lowest BCUT2D eigenvalue weighted by molar-refractivity contribution is -0.773. The van der Waals surface area contributed by atoms with Crippen molar-refractivity contribution in [2.75, 3.05) is 0 Å². The minimum Gasteiger partial charge on any atom is -0.539 e. The van der Waals surface area contributed by atoms with Gasteiger partial charge >= 0.3 is 0 Å². The molecule has 0 bridgehead atoms. The number of carbonyl (C=O) groups is 2. The SMILES string of the molecule is O=C1CCC(=O)N1C[n+]1cc([O-])on1. The van der Waals surface area contributed by atoms with E-state index in [4.69, 9.17) is 0 Å². The molecule has 2 heterocycles. The van der Waals surface area contributed by atoms with Gasteiger partial charge in [0.25, 0.3) is 6.67 Å². The van der Waals surface area contributed by atoms with Crippen molar-refractivity contribution in [3.05, 3.63) is 6.20 Å². The van der Waals surface area contributed by atoms with Gasteiger partial charge in [-0.3, -0.25) is 9.59 Å². The third kappa shape index (κ3) is 1.43. The van der Waals surface area contributed by atoms with Gasteiger partial charge in [-0.1, -0.05) is 4.68 Å². The monoisotopic (exact) mass is 197 g/mol. The highest BCUT2D eigenvalue weighted by Gasteiger charge is 2.32. The zero-order chi connectivity index (χ0) is 10.1. The highest BCUT2D eigenvalue weighted by Crippen LogP contribution is 2.10. The van der Waals surface area contributed by atoms with Crippen LogP contribution < -0.4 is 9.79 Å². The highest BCUT2D eigenvalue weighted by atomic mass is 16.6. The summed E-state index contributed by atoms with van der Waals surface area (Å²) < 4.78 is 5.37. The average molecular weight is 197 g/mol. The summed E-state index contributed by atoms with van der Waals surface area (Å²) in [5.74, 6) is -1.11. The average Bonchev–Trinajstić information content (AvgIpc) is 2.67. The molecule has 0 aliphatic carbocycles. The van der Waals surface area contributed by atoms with Crippen LogP contribution in [0.25, 0.3) is 0 Å². The van der Waals surface area contributed by atoms with Gasteiger partial charge < -0.3 is 9.63 Å². The van der Waals surface area contributed by atoms with Crippen LogP contribution >= 0.6 is 0 Å². The number of hydrogen-bond acceptors (Lipinski definition) is 5. The normalized spacial score (nSPS) is 16.7. The molecule has 0 spiro atoms. The number of rotatable bonds is 2. The molecule has 7 heteroatoms. The Bertz CT molecular complexity index is 370. The summed E-state index contributed by atoms with van der Waals surface area (Å²) in [5, 5.41) is 13.9. The molecule has 0 radical (unpaired) electrons. The summed E-state index contributed by atoms with van der Waals surface area (Å²) in [6.07, 6.45) is 1.53. The molecule has 0 unspecified atom stereocenters. The lowest BCUT2D eigenvalue weighted by Crippen LogP contribution is -2.46. The molecule has 1 fully saturated rings. The number of aromatic nitrogens is 2. The Balaban J connectivity index is 2.10. The van der Waals surface area contributed by atoms with E-state index >= 15 is 0 Å². The Kier molecular flexibility index (Phi) is 1.91. The molecule has 2 rings (SSSR count). The van der Waals surface area contributed by atoms with Crippen molar-refractivity contribution in [3.8, 4) is 5.95 Å². The molecule has 2 amide bonds. The number of nitrogens with zero attached hydrogens (tertiary/aromatic N) is 3. The summed E-state index contributed by atoms with van der Waals surface area (Å²) >= 11 is 0. The smallest absolute Gasteiger partial charge is 0.259 e. The van der Waals surface area contributed by atoms with Gasteiger partial charge in [-0.2, -0.15) is 0 Å². The van der Waals surface area contributed by atoms with E-state index in [1.54, 1.807) is 0 Å². The van der Waals surface area contributed by atoms with E-state index in [0.29, 0.717) is 0 Å². The Labute approximate surface area is 78.5 Å². The van der Waals surface area contributed by atoms with Crippen molar-refractivity contribution in [1.29, 1.82) is 0 Å². The number of carbonyl (C=O) groups excluding carboxylic acids is 2. The van der Waals surface area contributed by atoms with Crippen molar-refractivity contribution < 1.29 is 23.9 Å². The summed E-state index contributed by atoms with van der Waals surface area (Å²) in [6, 6.07) is 0. The van der Waals surface area contributed by atoms with Crippen LogP contribution in [0.1, 0.15) is 12.8 Å². The topological polar surface area (TPSA) is 90.4 Å². The van der Waals surface area contributed by atoms with Crippen molar-refractivity contribution in [2.24, 2.45) is 0 Å². The fourth-order valence-corrected chi connectivity index (χ4v) is 1.25. The minimum atomic E-state index is -0.607. The van der Waals surface area contributed by atoms with E-state index in [-0.39, 0.29) is 31.3 Å². The second kappa shape index (κ2) is 3.09. The van der Waals surface area contributed by atoms with E-state index in [1.807, 2.05) is 0 Å². The quantitative estimate of drug-likeness (QED) is 0.409. The van der Waals surface area contributed by atoms with Gasteiger partial charge in [0.2, 0.25) is 18.0 Å². The fourth-order valence-electron chi connectivity index (χ4n) is 1.25. The van der Waals surface area contributed by atoms with Crippen molar-refractivity contribution >= 4 is 11.8 Å². The second-order valence-electron chi connectivity index (χ2n) is 2.92. The fraction of sp³-hybridized carbons (Fsp3) is 0.429. The molecule has 1 aromatic rings. The molecule has 0 N–H and O–H groups in total. The van der Waals surface area contributed by atoms with Gasteiger partial charge in [0.1, 0.15) is 5.95 Å². The highest BCUT2D eigenvalue weighted by molar-refractivity contribution is 6.01. The number of amides is 2. The molecular formula is C7H7N3O4. The van der Waals surface area contributed by atoms with Crippen LogP contribution in [0.3, 0.4) is 0 Å². The molecule has 14 heavy (non-hydrogen) atoms. The van der Waals surface area contributed by atoms with Crippen LogP contribution in [0, 0.1) is 0 Å². The lowest BCUT2D eigenvalue weighted by atomic mass is 10.4. The third-order valence-corrected chi connectivity index (χ3v) is 1.93. The summed E-state index contributed by atoms with van der Waals surface area (Å²) in [4.78, 5) is 23.3. The van der Waals surface area contributed by atoms with Gasteiger partial charge in [0.05, 0.1) is 5.27 Å². The molecule has 74 valence electrons. The van der Waals surface area contributed by atoms with Gasteiger partial charge in [-0.25, -0.2) is 4.90 Å². The predicted octanol–water partition coefficient (Wildman–Crippen LogP) is -1.86. The Hall–Kier alpha value is -1.92. The van der Waals surface area contributed by atoms with Crippen LogP contribution in [0.4, 0.5) is 0 Å².